The third-order valence-electron chi connectivity index (χ3n) is 4.40. The van der Waals surface area contributed by atoms with Crippen molar-refractivity contribution in [3.63, 3.8) is 0 Å². The van der Waals surface area contributed by atoms with Crippen molar-refractivity contribution in [1.82, 2.24) is 25.0 Å². The van der Waals surface area contributed by atoms with Crippen molar-refractivity contribution in [2.24, 2.45) is 7.05 Å². The van der Waals surface area contributed by atoms with Crippen LogP contribution in [0.4, 0.5) is 4.79 Å². The lowest BCUT2D eigenvalue weighted by Gasteiger charge is -2.33. The van der Waals surface area contributed by atoms with Crippen molar-refractivity contribution in [2.75, 3.05) is 19.3 Å². The summed E-state index contributed by atoms with van der Waals surface area (Å²) in [5.41, 5.74) is 2.65. The van der Waals surface area contributed by atoms with Gasteiger partial charge in [-0.25, -0.2) is 4.79 Å². The average molecular weight is 345 g/mol. The molecule has 3 rings (SSSR count). The SMILES string of the molecule is CN(C(=O)NCCSc1nncn1C)[C@@H]1CCCc2ccccc21. The number of aromatic nitrogens is 3. The minimum atomic E-state index is -0.0183. The van der Waals surface area contributed by atoms with Crippen LogP contribution in [-0.4, -0.2) is 45.0 Å². The summed E-state index contributed by atoms with van der Waals surface area (Å²) in [6, 6.07) is 8.60. The van der Waals surface area contributed by atoms with Gasteiger partial charge in [-0.3, -0.25) is 0 Å². The molecular weight excluding hydrogens is 322 g/mol. The summed E-state index contributed by atoms with van der Waals surface area (Å²) in [4.78, 5) is 14.3. The normalized spacial score (nSPS) is 16.5. The Hall–Kier alpha value is -2.02. The number of aryl methyl sites for hydroxylation is 2. The Labute approximate surface area is 146 Å². The molecule has 0 aliphatic heterocycles. The van der Waals surface area contributed by atoms with E-state index in [4.69, 9.17) is 0 Å². The molecule has 0 unspecified atom stereocenters. The topological polar surface area (TPSA) is 63.1 Å². The Morgan fingerprint density at radius 1 is 1.46 bits per heavy atom. The Bertz CT molecular complexity index is 702. The summed E-state index contributed by atoms with van der Waals surface area (Å²) < 4.78 is 1.87. The van der Waals surface area contributed by atoms with Gasteiger partial charge in [-0.15, -0.1) is 10.2 Å². The predicted octanol–water partition coefficient (Wildman–Crippen LogP) is 2.63. The third-order valence-corrected chi connectivity index (χ3v) is 5.44. The first-order valence-electron chi connectivity index (χ1n) is 8.22. The number of thioether (sulfide) groups is 1. The van der Waals surface area contributed by atoms with Crippen molar-refractivity contribution in [2.45, 2.75) is 30.5 Å². The van der Waals surface area contributed by atoms with E-state index in [1.54, 1.807) is 18.1 Å². The first kappa shape index (κ1) is 16.8. The minimum absolute atomic E-state index is 0.0183. The van der Waals surface area contributed by atoms with E-state index in [-0.39, 0.29) is 12.1 Å². The van der Waals surface area contributed by atoms with E-state index >= 15 is 0 Å². The lowest BCUT2D eigenvalue weighted by atomic mass is 9.87. The predicted molar refractivity (Wildman–Crippen MR) is 95.0 cm³/mol. The van der Waals surface area contributed by atoms with Crippen LogP contribution in [0.5, 0.6) is 0 Å². The van der Waals surface area contributed by atoms with Crippen molar-refractivity contribution >= 4 is 17.8 Å². The van der Waals surface area contributed by atoms with E-state index < -0.39 is 0 Å². The van der Waals surface area contributed by atoms with E-state index in [2.05, 4.69) is 39.8 Å². The fraction of sp³-hybridized carbons (Fsp3) is 0.471. The molecule has 0 saturated carbocycles. The van der Waals surface area contributed by atoms with E-state index in [9.17, 15) is 4.79 Å². The second-order valence-corrected chi connectivity index (χ2v) is 7.08. The van der Waals surface area contributed by atoms with E-state index in [1.165, 1.54) is 11.1 Å². The fourth-order valence-corrected chi connectivity index (χ4v) is 3.84. The Kier molecular flexibility index (Phi) is 5.40. The van der Waals surface area contributed by atoms with Gasteiger partial charge in [-0.1, -0.05) is 36.0 Å². The molecule has 1 aliphatic rings. The van der Waals surface area contributed by atoms with Crippen molar-refractivity contribution in [1.29, 1.82) is 0 Å². The summed E-state index contributed by atoms with van der Waals surface area (Å²) in [6.07, 6.45) is 4.93. The summed E-state index contributed by atoms with van der Waals surface area (Å²) in [7, 11) is 3.80. The number of amides is 2. The maximum absolute atomic E-state index is 12.5. The second kappa shape index (κ2) is 7.70. The Balaban J connectivity index is 1.51. The molecule has 24 heavy (non-hydrogen) atoms. The summed E-state index contributed by atoms with van der Waals surface area (Å²) in [6.45, 7) is 0.606. The maximum atomic E-state index is 12.5. The fourth-order valence-electron chi connectivity index (χ4n) is 3.10. The molecule has 1 aromatic carbocycles. The highest BCUT2D eigenvalue weighted by Crippen LogP contribution is 2.33. The van der Waals surface area contributed by atoms with Crippen LogP contribution in [0.2, 0.25) is 0 Å². The van der Waals surface area contributed by atoms with Crippen molar-refractivity contribution in [3.05, 3.63) is 41.7 Å². The number of carbonyl (C=O) groups is 1. The monoisotopic (exact) mass is 345 g/mol. The van der Waals surface area contributed by atoms with E-state index in [0.717, 1.165) is 30.2 Å². The quantitative estimate of drug-likeness (QED) is 0.668. The largest absolute Gasteiger partial charge is 0.337 e. The summed E-state index contributed by atoms with van der Waals surface area (Å²) >= 11 is 1.59. The van der Waals surface area contributed by atoms with E-state index in [0.29, 0.717) is 6.54 Å². The minimum Gasteiger partial charge on any atom is -0.337 e. The zero-order chi connectivity index (χ0) is 16.9. The molecule has 2 amide bonds. The number of hydrogen-bond acceptors (Lipinski definition) is 4. The molecule has 128 valence electrons. The number of benzene rings is 1. The van der Waals surface area contributed by atoms with Gasteiger partial charge in [-0.05, 0) is 30.4 Å². The number of nitrogens with one attached hydrogen (secondary N) is 1. The van der Waals surface area contributed by atoms with Gasteiger partial charge < -0.3 is 14.8 Å². The van der Waals surface area contributed by atoms with Gasteiger partial charge >= 0.3 is 6.03 Å². The molecule has 0 fully saturated rings. The molecular formula is C17H23N5OS. The third kappa shape index (κ3) is 3.72. The van der Waals surface area contributed by atoms with Gasteiger partial charge in [0.25, 0.3) is 0 Å². The summed E-state index contributed by atoms with van der Waals surface area (Å²) in [5, 5.41) is 11.7. The standard InChI is InChI=1S/C17H23N5OS/c1-21-12-19-20-17(21)24-11-10-18-16(23)22(2)15-9-5-7-13-6-3-4-8-14(13)15/h3-4,6,8,12,15H,5,7,9-11H2,1-2H3,(H,18,23)/t15-/m1/s1. The number of carbonyl (C=O) groups excluding carboxylic acids is 1. The van der Waals surface area contributed by atoms with Crippen LogP contribution in [0.1, 0.15) is 30.0 Å². The van der Waals surface area contributed by atoms with Crippen molar-refractivity contribution < 1.29 is 4.79 Å². The molecule has 0 saturated heterocycles. The number of rotatable bonds is 5. The molecule has 0 spiro atoms. The lowest BCUT2D eigenvalue weighted by molar-refractivity contribution is 0.184. The van der Waals surface area contributed by atoms with Crippen molar-refractivity contribution in [3.8, 4) is 0 Å². The van der Waals surface area contributed by atoms with Gasteiger partial charge in [0.1, 0.15) is 6.33 Å². The van der Waals surface area contributed by atoms with Crippen LogP contribution >= 0.6 is 11.8 Å². The molecule has 2 aromatic rings. The van der Waals surface area contributed by atoms with Crippen LogP contribution in [0.15, 0.2) is 35.7 Å². The van der Waals surface area contributed by atoms with Crippen LogP contribution in [-0.2, 0) is 13.5 Å². The first-order chi connectivity index (χ1) is 11.7. The van der Waals surface area contributed by atoms with Crippen LogP contribution < -0.4 is 5.32 Å². The van der Waals surface area contributed by atoms with Gasteiger partial charge in [0.2, 0.25) is 0 Å². The average Bonchev–Trinajstić information content (AvgIpc) is 3.02. The van der Waals surface area contributed by atoms with Crippen LogP contribution in [0.25, 0.3) is 0 Å². The number of urea groups is 1. The molecule has 7 heteroatoms. The van der Waals surface area contributed by atoms with Gasteiger partial charge in [0.15, 0.2) is 5.16 Å². The molecule has 1 heterocycles. The number of hydrogen-bond donors (Lipinski definition) is 1. The zero-order valence-electron chi connectivity index (χ0n) is 14.1. The highest BCUT2D eigenvalue weighted by atomic mass is 32.2. The van der Waals surface area contributed by atoms with Crippen LogP contribution in [0, 0.1) is 0 Å². The number of nitrogens with zero attached hydrogens (tertiary/aromatic N) is 4. The molecule has 1 atom stereocenters. The molecule has 1 N–H and O–H groups in total. The molecule has 0 radical (unpaired) electrons. The Morgan fingerprint density at radius 2 is 2.29 bits per heavy atom. The lowest BCUT2D eigenvalue weighted by Crippen LogP contribution is -2.41. The highest BCUT2D eigenvalue weighted by Gasteiger charge is 2.26. The molecule has 6 nitrogen and oxygen atoms in total. The first-order valence-corrected chi connectivity index (χ1v) is 9.20. The maximum Gasteiger partial charge on any atom is 0.317 e. The van der Waals surface area contributed by atoms with Crippen LogP contribution in [0.3, 0.4) is 0 Å². The van der Waals surface area contributed by atoms with Gasteiger partial charge in [0, 0.05) is 26.4 Å². The molecule has 1 aliphatic carbocycles. The summed E-state index contributed by atoms with van der Waals surface area (Å²) in [5.74, 6) is 0.771. The Morgan fingerprint density at radius 3 is 3.08 bits per heavy atom. The second-order valence-electron chi connectivity index (χ2n) is 6.02. The zero-order valence-corrected chi connectivity index (χ0v) is 14.9. The molecule has 1 aromatic heterocycles. The smallest absolute Gasteiger partial charge is 0.317 e. The molecule has 0 bridgehead atoms. The van der Waals surface area contributed by atoms with Gasteiger partial charge in [-0.2, -0.15) is 0 Å². The van der Waals surface area contributed by atoms with Gasteiger partial charge in [0.05, 0.1) is 6.04 Å². The van der Waals surface area contributed by atoms with E-state index in [1.807, 2.05) is 23.6 Å². The highest BCUT2D eigenvalue weighted by molar-refractivity contribution is 7.99. The number of fused-ring (bicyclic) bond motifs is 1.